The molecule has 150 valence electrons. The van der Waals surface area contributed by atoms with Crippen molar-refractivity contribution in [1.82, 2.24) is 25.0 Å². The molecule has 0 aliphatic carbocycles. The Labute approximate surface area is 160 Å². The third-order valence-electron chi connectivity index (χ3n) is 5.37. The number of rotatable bonds is 6. The Hall–Kier alpha value is -2.16. The molecular weight excluding hydrogens is 346 g/mol. The average molecular weight is 377 g/mol. The first-order chi connectivity index (χ1) is 13.0. The lowest BCUT2D eigenvalue weighted by atomic mass is 9.95. The highest BCUT2D eigenvalue weighted by Crippen LogP contribution is 2.20. The van der Waals surface area contributed by atoms with Crippen LogP contribution in [0.5, 0.6) is 0 Å². The number of aliphatic imine (C=N–C) groups is 1. The third kappa shape index (κ3) is 5.41. The summed E-state index contributed by atoms with van der Waals surface area (Å²) in [6.07, 6.45) is 4.91. The molecule has 2 aliphatic rings. The van der Waals surface area contributed by atoms with Crippen LogP contribution in [0.3, 0.4) is 0 Å². The minimum Gasteiger partial charge on any atom is -0.376 e. The van der Waals surface area contributed by atoms with Crippen LogP contribution in [-0.2, 0) is 23.1 Å². The molecule has 9 heteroatoms. The molecule has 1 amide bonds. The van der Waals surface area contributed by atoms with Gasteiger partial charge in [0.15, 0.2) is 11.8 Å². The van der Waals surface area contributed by atoms with Gasteiger partial charge >= 0.3 is 0 Å². The molecule has 9 nitrogen and oxygen atoms in total. The smallest absolute Gasteiger partial charge is 0.217 e. The predicted octanol–water partition coefficient (Wildman–Crippen LogP) is 0.336. The molecule has 3 rings (SSSR count). The van der Waals surface area contributed by atoms with Crippen molar-refractivity contribution in [3.8, 4) is 0 Å². The number of guanidine groups is 1. The third-order valence-corrected chi connectivity index (χ3v) is 5.37. The van der Waals surface area contributed by atoms with Crippen molar-refractivity contribution >= 4 is 11.9 Å². The molecular formula is C18H31N7O2. The highest BCUT2D eigenvalue weighted by atomic mass is 16.5. The molecule has 0 aromatic carbocycles. The quantitative estimate of drug-likeness (QED) is 0.546. The molecule has 27 heavy (non-hydrogen) atoms. The minimum absolute atomic E-state index is 0.234. The first-order valence-electron chi connectivity index (χ1n) is 9.81. The van der Waals surface area contributed by atoms with Gasteiger partial charge in [-0.2, -0.15) is 0 Å². The molecule has 2 aliphatic heterocycles. The zero-order valence-electron chi connectivity index (χ0n) is 16.4. The molecule has 2 saturated heterocycles. The Morgan fingerprint density at radius 1 is 1.37 bits per heavy atom. The second kappa shape index (κ2) is 9.16. The highest BCUT2D eigenvalue weighted by molar-refractivity contribution is 5.80. The summed E-state index contributed by atoms with van der Waals surface area (Å²) in [7, 11) is 1.95. The lowest BCUT2D eigenvalue weighted by Gasteiger charge is -2.35. The molecule has 0 bridgehead atoms. The van der Waals surface area contributed by atoms with Crippen LogP contribution in [-0.4, -0.2) is 63.9 Å². The van der Waals surface area contributed by atoms with Gasteiger partial charge in [0.05, 0.1) is 6.10 Å². The van der Waals surface area contributed by atoms with E-state index in [1.165, 1.54) is 0 Å². The largest absolute Gasteiger partial charge is 0.376 e. The Morgan fingerprint density at radius 2 is 2.22 bits per heavy atom. The van der Waals surface area contributed by atoms with Crippen LogP contribution in [0.4, 0.5) is 0 Å². The van der Waals surface area contributed by atoms with Gasteiger partial charge in [0.1, 0.15) is 12.4 Å². The number of carbonyl (C=O) groups excluding carboxylic acids is 1. The van der Waals surface area contributed by atoms with Crippen LogP contribution in [0, 0.1) is 12.8 Å². The minimum atomic E-state index is -0.234. The van der Waals surface area contributed by atoms with E-state index in [1.807, 2.05) is 18.5 Å². The number of piperidine rings is 1. The maximum atomic E-state index is 11.3. The Bertz CT molecular complexity index is 667. The number of carbonyl (C=O) groups is 1. The van der Waals surface area contributed by atoms with Gasteiger partial charge in [0, 0.05) is 39.7 Å². The molecule has 0 radical (unpaired) electrons. The van der Waals surface area contributed by atoms with Crippen molar-refractivity contribution in [1.29, 1.82) is 0 Å². The van der Waals surface area contributed by atoms with Gasteiger partial charge in [-0.3, -0.25) is 4.79 Å². The standard InChI is InChI=1S/C18H31N7O2/c1-13-22-23-17(24(13)2)11-21-18(20-10-15-6-4-8-27-15)25-7-3-5-14(12-25)9-16(19)26/h14-15H,3-12H2,1-2H3,(H2,19,26)(H,20,21). The van der Waals surface area contributed by atoms with Gasteiger partial charge in [0.25, 0.3) is 0 Å². The fourth-order valence-corrected chi connectivity index (χ4v) is 3.72. The topological polar surface area (TPSA) is 111 Å². The summed E-state index contributed by atoms with van der Waals surface area (Å²) in [5, 5.41) is 11.8. The number of nitrogens with zero attached hydrogens (tertiary/aromatic N) is 5. The number of hydrogen-bond acceptors (Lipinski definition) is 5. The molecule has 2 unspecified atom stereocenters. The van der Waals surface area contributed by atoms with Crippen molar-refractivity contribution in [2.45, 2.75) is 51.7 Å². The molecule has 3 heterocycles. The summed E-state index contributed by atoms with van der Waals surface area (Å²) in [5.41, 5.74) is 5.40. The SMILES string of the molecule is Cc1nnc(CN=C(NCC2CCCO2)N2CCCC(CC(N)=O)C2)n1C. The Morgan fingerprint density at radius 3 is 2.89 bits per heavy atom. The Balaban J connectivity index is 1.68. The number of primary amides is 1. The first-order valence-corrected chi connectivity index (χ1v) is 9.81. The molecule has 0 saturated carbocycles. The molecule has 1 aromatic heterocycles. The maximum Gasteiger partial charge on any atom is 0.217 e. The molecule has 0 spiro atoms. The summed E-state index contributed by atoms with van der Waals surface area (Å²) < 4.78 is 7.68. The summed E-state index contributed by atoms with van der Waals surface area (Å²) in [5.74, 6) is 2.59. The predicted molar refractivity (Wildman–Crippen MR) is 102 cm³/mol. The van der Waals surface area contributed by atoms with Crippen LogP contribution >= 0.6 is 0 Å². The number of aryl methyl sites for hydroxylation is 1. The Kier molecular flexibility index (Phi) is 6.65. The lowest BCUT2D eigenvalue weighted by molar-refractivity contribution is -0.119. The summed E-state index contributed by atoms with van der Waals surface area (Å²) in [6, 6.07) is 0. The van der Waals surface area contributed by atoms with Gasteiger partial charge in [-0.25, -0.2) is 4.99 Å². The fourth-order valence-electron chi connectivity index (χ4n) is 3.72. The zero-order valence-corrected chi connectivity index (χ0v) is 16.4. The van der Waals surface area contributed by atoms with Crippen LogP contribution in [0.1, 0.15) is 43.8 Å². The second-order valence-electron chi connectivity index (χ2n) is 7.50. The van der Waals surface area contributed by atoms with Crippen molar-refractivity contribution < 1.29 is 9.53 Å². The molecule has 2 atom stereocenters. The van der Waals surface area contributed by atoms with Crippen LogP contribution in [0.2, 0.25) is 0 Å². The van der Waals surface area contributed by atoms with Gasteiger partial charge in [-0.15, -0.1) is 10.2 Å². The van der Waals surface area contributed by atoms with Crippen molar-refractivity contribution in [2.24, 2.45) is 23.7 Å². The average Bonchev–Trinajstić information content (AvgIpc) is 3.26. The van der Waals surface area contributed by atoms with E-state index in [4.69, 9.17) is 15.5 Å². The summed E-state index contributed by atoms with van der Waals surface area (Å²) >= 11 is 0. The zero-order chi connectivity index (χ0) is 19.2. The van der Waals surface area contributed by atoms with E-state index in [9.17, 15) is 4.79 Å². The van der Waals surface area contributed by atoms with Crippen molar-refractivity contribution in [3.05, 3.63) is 11.6 Å². The van der Waals surface area contributed by atoms with Gasteiger partial charge in [-0.1, -0.05) is 0 Å². The van der Waals surface area contributed by atoms with E-state index in [2.05, 4.69) is 20.4 Å². The number of nitrogens with one attached hydrogen (secondary N) is 1. The highest BCUT2D eigenvalue weighted by Gasteiger charge is 2.25. The number of ether oxygens (including phenoxy) is 1. The van der Waals surface area contributed by atoms with E-state index in [0.29, 0.717) is 13.0 Å². The molecule has 2 fully saturated rings. The number of aromatic nitrogens is 3. The number of likely N-dealkylation sites (tertiary alicyclic amines) is 1. The maximum absolute atomic E-state index is 11.3. The molecule has 3 N–H and O–H groups in total. The van der Waals surface area contributed by atoms with E-state index in [0.717, 1.165) is 69.5 Å². The second-order valence-corrected chi connectivity index (χ2v) is 7.50. The van der Waals surface area contributed by atoms with E-state index < -0.39 is 0 Å². The van der Waals surface area contributed by atoms with Crippen LogP contribution in [0.15, 0.2) is 4.99 Å². The van der Waals surface area contributed by atoms with E-state index in [-0.39, 0.29) is 17.9 Å². The summed E-state index contributed by atoms with van der Waals surface area (Å²) in [4.78, 5) is 18.4. The van der Waals surface area contributed by atoms with Crippen molar-refractivity contribution in [3.63, 3.8) is 0 Å². The molecule has 1 aromatic rings. The first kappa shape index (κ1) is 19.6. The van der Waals surface area contributed by atoms with Crippen LogP contribution in [0.25, 0.3) is 0 Å². The number of hydrogen-bond donors (Lipinski definition) is 2. The number of nitrogens with two attached hydrogens (primary N) is 1. The van der Waals surface area contributed by atoms with Gasteiger partial charge in [-0.05, 0) is 38.5 Å². The van der Waals surface area contributed by atoms with Gasteiger partial charge in [0.2, 0.25) is 5.91 Å². The number of amides is 1. The van der Waals surface area contributed by atoms with E-state index >= 15 is 0 Å². The van der Waals surface area contributed by atoms with Gasteiger partial charge < -0.3 is 25.3 Å². The fraction of sp³-hybridized carbons (Fsp3) is 0.778. The summed E-state index contributed by atoms with van der Waals surface area (Å²) in [6.45, 7) is 5.68. The van der Waals surface area contributed by atoms with Crippen LogP contribution < -0.4 is 11.1 Å². The van der Waals surface area contributed by atoms with E-state index in [1.54, 1.807) is 0 Å². The normalized spacial score (nSPS) is 23.6. The lowest BCUT2D eigenvalue weighted by Crippen LogP contribution is -2.48. The monoisotopic (exact) mass is 377 g/mol. The van der Waals surface area contributed by atoms with Crippen molar-refractivity contribution in [2.75, 3.05) is 26.2 Å².